The summed E-state index contributed by atoms with van der Waals surface area (Å²) < 4.78 is 45.0. The average molecular weight is 457 g/mol. The van der Waals surface area contributed by atoms with E-state index in [0.717, 1.165) is 0 Å². The van der Waals surface area contributed by atoms with Gasteiger partial charge in [0.05, 0.1) is 55.5 Å². The molecule has 2 aliphatic rings. The Morgan fingerprint density at radius 3 is 2.81 bits per heavy atom. The van der Waals surface area contributed by atoms with Crippen LogP contribution in [-0.2, 0) is 29.0 Å². The van der Waals surface area contributed by atoms with Crippen LogP contribution in [0.4, 0.5) is 0 Å². The summed E-state index contributed by atoms with van der Waals surface area (Å²) >= 11 is 0. The highest BCUT2D eigenvalue weighted by molar-refractivity contribution is 7.89. The number of β-amino-alcohol motifs (C(OH)–C–C–N with tert-alkyl or cyclic N) is 1. The minimum absolute atomic E-state index is 0.0224. The number of rotatable bonds is 7. The van der Waals surface area contributed by atoms with Crippen LogP contribution in [-0.4, -0.2) is 88.1 Å². The zero-order chi connectivity index (χ0) is 22.4. The van der Waals surface area contributed by atoms with Crippen molar-refractivity contribution in [1.82, 2.24) is 9.62 Å². The predicted octanol–water partition coefficient (Wildman–Crippen LogP) is 0.446. The molecular formula is C21H32N2O7S. The molecule has 0 bridgehead atoms. The lowest BCUT2D eigenvalue weighted by atomic mass is 9.96. The van der Waals surface area contributed by atoms with Gasteiger partial charge >= 0.3 is 0 Å². The number of aliphatic hydroxyl groups excluding tert-OH is 1. The number of nitrogens with zero attached hydrogens (tertiary/aromatic N) is 1. The van der Waals surface area contributed by atoms with Crippen molar-refractivity contribution in [3.8, 4) is 0 Å². The molecule has 174 valence electrons. The molecular weight excluding hydrogens is 424 g/mol. The van der Waals surface area contributed by atoms with Gasteiger partial charge in [-0.05, 0) is 31.4 Å². The Kier molecular flexibility index (Phi) is 8.43. The number of fused-ring (bicyclic) bond motifs is 1. The maximum absolute atomic E-state index is 13.5. The number of sulfonamides is 1. The molecule has 1 aromatic rings. The first kappa shape index (κ1) is 24.1. The van der Waals surface area contributed by atoms with Crippen molar-refractivity contribution in [3.05, 3.63) is 29.8 Å². The summed E-state index contributed by atoms with van der Waals surface area (Å²) in [5.41, 5.74) is 0.647. The molecule has 0 aliphatic carbocycles. The van der Waals surface area contributed by atoms with Crippen molar-refractivity contribution in [2.24, 2.45) is 0 Å². The number of ether oxygens (including phenoxy) is 3. The van der Waals surface area contributed by atoms with E-state index in [2.05, 4.69) is 5.32 Å². The van der Waals surface area contributed by atoms with E-state index in [9.17, 15) is 18.3 Å². The van der Waals surface area contributed by atoms with Gasteiger partial charge in [0, 0.05) is 20.2 Å². The summed E-state index contributed by atoms with van der Waals surface area (Å²) in [7, 11) is -2.28. The molecule has 2 N–H and O–H groups in total. The number of aliphatic hydroxyl groups is 1. The van der Waals surface area contributed by atoms with E-state index in [1.54, 1.807) is 38.3 Å². The number of carbonyl (C=O) groups is 1. The molecule has 1 amide bonds. The summed E-state index contributed by atoms with van der Waals surface area (Å²) in [6.45, 7) is 2.73. The van der Waals surface area contributed by atoms with Gasteiger partial charge in [0.25, 0.3) is 0 Å². The standard InChI is InChI=1S/C21H32N2O7S/c1-15-5-3-4-6-20(15)31(26,27)23-12-16(24)13-29-14-19-18(23)8-7-17(30-19)11-21(25)22-9-10-28-2/h3-6,16-19,24H,7-14H2,1-2H3,(H,22,25)/t16-,17-,18+,19-/m1/s1. The molecule has 2 heterocycles. The lowest BCUT2D eigenvalue weighted by Gasteiger charge is -2.43. The van der Waals surface area contributed by atoms with Crippen molar-refractivity contribution < 1.29 is 32.5 Å². The van der Waals surface area contributed by atoms with Gasteiger partial charge in [0.2, 0.25) is 15.9 Å². The highest BCUT2D eigenvalue weighted by Crippen LogP contribution is 2.32. The lowest BCUT2D eigenvalue weighted by molar-refractivity contribution is -0.146. The Hall–Kier alpha value is -1.56. The van der Waals surface area contributed by atoms with Crippen LogP contribution < -0.4 is 5.32 Å². The van der Waals surface area contributed by atoms with Crippen LogP contribution in [0, 0.1) is 6.92 Å². The van der Waals surface area contributed by atoms with E-state index in [4.69, 9.17) is 14.2 Å². The fraction of sp³-hybridized carbons (Fsp3) is 0.667. The Morgan fingerprint density at radius 2 is 2.06 bits per heavy atom. The van der Waals surface area contributed by atoms with Crippen molar-refractivity contribution in [2.45, 2.75) is 55.4 Å². The normalized spacial score (nSPS) is 27.7. The summed E-state index contributed by atoms with van der Waals surface area (Å²) in [6, 6.07) is 6.34. The number of hydrogen-bond acceptors (Lipinski definition) is 7. The molecule has 0 unspecified atom stereocenters. The van der Waals surface area contributed by atoms with Gasteiger partial charge in [-0.2, -0.15) is 4.31 Å². The molecule has 2 fully saturated rings. The molecule has 2 aliphatic heterocycles. The van der Waals surface area contributed by atoms with E-state index in [0.29, 0.717) is 31.6 Å². The predicted molar refractivity (Wildman–Crippen MR) is 113 cm³/mol. The third kappa shape index (κ3) is 6.03. The maximum Gasteiger partial charge on any atom is 0.243 e. The number of benzene rings is 1. The third-order valence-corrected chi connectivity index (χ3v) is 7.71. The van der Waals surface area contributed by atoms with Gasteiger partial charge in [0.1, 0.15) is 0 Å². The van der Waals surface area contributed by atoms with Gasteiger partial charge < -0.3 is 24.6 Å². The molecule has 4 atom stereocenters. The SMILES string of the molecule is COCCNC(=O)C[C@H]1CC[C@H]2[C@@H](COC[C@H](O)CN2S(=O)(=O)c2ccccc2C)O1. The van der Waals surface area contributed by atoms with E-state index in [1.807, 2.05) is 0 Å². The Balaban J connectivity index is 1.76. The van der Waals surface area contributed by atoms with Crippen LogP contribution in [0.25, 0.3) is 0 Å². The summed E-state index contributed by atoms with van der Waals surface area (Å²) in [6.07, 6.45) is -0.517. The average Bonchev–Trinajstić information content (AvgIpc) is 2.71. The van der Waals surface area contributed by atoms with Crippen LogP contribution >= 0.6 is 0 Å². The minimum Gasteiger partial charge on any atom is -0.389 e. The fourth-order valence-electron chi connectivity index (χ4n) is 4.11. The smallest absolute Gasteiger partial charge is 0.243 e. The summed E-state index contributed by atoms with van der Waals surface area (Å²) in [5, 5.41) is 13.1. The highest BCUT2D eigenvalue weighted by Gasteiger charge is 2.43. The Labute approximate surface area is 183 Å². The fourth-order valence-corrected chi connectivity index (χ4v) is 6.06. The van der Waals surface area contributed by atoms with Gasteiger partial charge in [-0.1, -0.05) is 18.2 Å². The van der Waals surface area contributed by atoms with Crippen LogP contribution in [0.3, 0.4) is 0 Å². The zero-order valence-electron chi connectivity index (χ0n) is 18.0. The first-order valence-electron chi connectivity index (χ1n) is 10.6. The van der Waals surface area contributed by atoms with Crippen LogP contribution in [0.15, 0.2) is 29.2 Å². The molecule has 9 nitrogen and oxygen atoms in total. The molecule has 1 aromatic carbocycles. The molecule has 0 spiro atoms. The van der Waals surface area contributed by atoms with E-state index in [1.165, 1.54) is 4.31 Å². The van der Waals surface area contributed by atoms with Crippen LogP contribution in [0.2, 0.25) is 0 Å². The highest BCUT2D eigenvalue weighted by atomic mass is 32.2. The minimum atomic E-state index is -3.85. The van der Waals surface area contributed by atoms with E-state index < -0.39 is 28.3 Å². The number of hydrogen-bond donors (Lipinski definition) is 2. The number of methoxy groups -OCH3 is 1. The quantitative estimate of drug-likeness (QED) is 0.573. The van der Waals surface area contributed by atoms with E-state index >= 15 is 0 Å². The molecule has 3 rings (SSSR count). The zero-order valence-corrected chi connectivity index (χ0v) is 18.8. The van der Waals surface area contributed by atoms with Crippen molar-refractivity contribution in [3.63, 3.8) is 0 Å². The van der Waals surface area contributed by atoms with Gasteiger partial charge in [-0.15, -0.1) is 0 Å². The van der Waals surface area contributed by atoms with Gasteiger partial charge in [0.15, 0.2) is 0 Å². The molecule has 10 heteroatoms. The number of aryl methyl sites for hydroxylation is 1. The van der Waals surface area contributed by atoms with Crippen molar-refractivity contribution in [1.29, 1.82) is 0 Å². The second-order valence-corrected chi connectivity index (χ2v) is 9.88. The van der Waals surface area contributed by atoms with Crippen molar-refractivity contribution >= 4 is 15.9 Å². The second kappa shape index (κ2) is 10.8. The maximum atomic E-state index is 13.5. The monoisotopic (exact) mass is 456 g/mol. The third-order valence-electron chi connectivity index (χ3n) is 5.66. The molecule has 0 radical (unpaired) electrons. The number of nitrogens with one attached hydrogen (secondary N) is 1. The molecule has 2 saturated heterocycles. The lowest BCUT2D eigenvalue weighted by Crippen LogP contribution is -2.57. The number of amides is 1. The Morgan fingerprint density at radius 1 is 1.29 bits per heavy atom. The largest absolute Gasteiger partial charge is 0.389 e. The van der Waals surface area contributed by atoms with Gasteiger partial charge in [-0.25, -0.2) is 8.42 Å². The summed E-state index contributed by atoms with van der Waals surface area (Å²) in [4.78, 5) is 12.4. The molecule has 31 heavy (non-hydrogen) atoms. The molecule has 0 aromatic heterocycles. The number of carbonyl (C=O) groups excluding carboxylic acids is 1. The van der Waals surface area contributed by atoms with Crippen LogP contribution in [0.1, 0.15) is 24.8 Å². The van der Waals surface area contributed by atoms with E-state index in [-0.39, 0.29) is 43.1 Å². The first-order chi connectivity index (χ1) is 14.8. The first-order valence-corrected chi connectivity index (χ1v) is 12.0. The molecule has 0 saturated carbocycles. The van der Waals surface area contributed by atoms with Gasteiger partial charge in [-0.3, -0.25) is 4.79 Å². The van der Waals surface area contributed by atoms with Crippen LogP contribution in [0.5, 0.6) is 0 Å². The summed E-state index contributed by atoms with van der Waals surface area (Å²) in [5.74, 6) is -0.132. The van der Waals surface area contributed by atoms with Crippen molar-refractivity contribution in [2.75, 3.05) is 40.0 Å². The topological polar surface area (TPSA) is 114 Å². The second-order valence-electron chi connectivity index (χ2n) is 8.02. The Bertz CT molecular complexity index is 848.